The standard InChI is InChI=1S/C30H33N5O2/c1-20-15-16-35(19-20)25-12-5-21(6-13-25)18-31-29(36)28-26-17-24(11-14-27(26)34(4)32-28)22-7-9-23(10-8-22)30(37)33(2)3/h5-14,17,20H,15-16,18-19H2,1-4H3,(H,31,36)/t20-/m1/s1. The van der Waals surface area contributed by atoms with Gasteiger partial charge in [-0.1, -0.05) is 37.3 Å². The van der Waals surface area contributed by atoms with E-state index in [0.29, 0.717) is 17.8 Å². The van der Waals surface area contributed by atoms with Crippen molar-refractivity contribution in [2.45, 2.75) is 19.9 Å². The van der Waals surface area contributed by atoms with Crippen LogP contribution in [-0.4, -0.2) is 53.7 Å². The zero-order chi connectivity index (χ0) is 26.1. The van der Waals surface area contributed by atoms with E-state index in [4.69, 9.17) is 0 Å². The van der Waals surface area contributed by atoms with E-state index in [1.165, 1.54) is 12.1 Å². The maximum atomic E-state index is 13.2. The van der Waals surface area contributed by atoms with Gasteiger partial charge in [0.05, 0.1) is 5.52 Å². The van der Waals surface area contributed by atoms with Crippen LogP contribution in [0.4, 0.5) is 5.69 Å². The molecule has 1 aliphatic heterocycles. The maximum Gasteiger partial charge on any atom is 0.272 e. The number of rotatable bonds is 6. The molecule has 190 valence electrons. The summed E-state index contributed by atoms with van der Waals surface area (Å²) in [6.07, 6.45) is 1.24. The number of aromatic nitrogens is 2. The normalized spacial score (nSPS) is 15.2. The molecule has 1 aromatic heterocycles. The number of nitrogens with zero attached hydrogens (tertiary/aromatic N) is 4. The molecule has 0 spiro atoms. The maximum absolute atomic E-state index is 13.2. The van der Waals surface area contributed by atoms with Crippen LogP contribution in [-0.2, 0) is 13.6 Å². The van der Waals surface area contributed by atoms with E-state index >= 15 is 0 Å². The fraction of sp³-hybridized carbons (Fsp3) is 0.300. The van der Waals surface area contributed by atoms with Crippen LogP contribution in [0.1, 0.15) is 39.8 Å². The summed E-state index contributed by atoms with van der Waals surface area (Å²) < 4.78 is 1.73. The highest BCUT2D eigenvalue weighted by atomic mass is 16.2. The third-order valence-electron chi connectivity index (χ3n) is 7.12. The quantitative estimate of drug-likeness (QED) is 0.420. The smallest absolute Gasteiger partial charge is 0.272 e. The van der Waals surface area contributed by atoms with Crippen LogP contribution >= 0.6 is 0 Å². The lowest BCUT2D eigenvalue weighted by molar-refractivity contribution is 0.0827. The molecule has 2 heterocycles. The number of hydrogen-bond donors (Lipinski definition) is 1. The molecular formula is C30H33N5O2. The van der Waals surface area contributed by atoms with Gasteiger partial charge in [-0.2, -0.15) is 5.10 Å². The minimum atomic E-state index is -0.202. The molecule has 0 radical (unpaired) electrons. The van der Waals surface area contributed by atoms with Gasteiger partial charge in [-0.05, 0) is 65.4 Å². The number of nitrogens with one attached hydrogen (secondary N) is 1. The van der Waals surface area contributed by atoms with Gasteiger partial charge < -0.3 is 15.1 Å². The van der Waals surface area contributed by atoms with Gasteiger partial charge >= 0.3 is 0 Å². The Morgan fingerprint density at radius 2 is 1.70 bits per heavy atom. The Kier molecular flexibility index (Phi) is 6.70. The van der Waals surface area contributed by atoms with Crippen molar-refractivity contribution in [1.82, 2.24) is 20.0 Å². The molecule has 7 nitrogen and oxygen atoms in total. The highest BCUT2D eigenvalue weighted by molar-refractivity contribution is 6.06. The molecule has 2 amide bonds. The van der Waals surface area contributed by atoms with Crippen molar-refractivity contribution in [2.75, 3.05) is 32.1 Å². The molecule has 7 heteroatoms. The summed E-state index contributed by atoms with van der Waals surface area (Å²) in [6, 6.07) is 21.9. The number of benzene rings is 3. The Balaban J connectivity index is 1.32. The number of carbonyl (C=O) groups excluding carboxylic acids is 2. The fourth-order valence-electron chi connectivity index (χ4n) is 4.94. The Bertz CT molecular complexity index is 1440. The first kappa shape index (κ1) is 24.6. The van der Waals surface area contributed by atoms with Gasteiger partial charge in [-0.15, -0.1) is 0 Å². The SMILES string of the molecule is C[C@@H]1CCN(c2ccc(CNC(=O)c3nn(C)c4ccc(-c5ccc(C(=O)N(C)C)cc5)cc34)cc2)C1. The third kappa shape index (κ3) is 5.07. The van der Waals surface area contributed by atoms with E-state index < -0.39 is 0 Å². The Labute approximate surface area is 217 Å². The molecule has 0 unspecified atom stereocenters. The molecule has 0 bridgehead atoms. The molecule has 37 heavy (non-hydrogen) atoms. The average molecular weight is 496 g/mol. The lowest BCUT2D eigenvalue weighted by Crippen LogP contribution is -2.24. The van der Waals surface area contributed by atoms with Gasteiger partial charge in [0.1, 0.15) is 0 Å². The molecule has 1 N–H and O–H groups in total. The second-order valence-electron chi connectivity index (χ2n) is 10.2. The van der Waals surface area contributed by atoms with E-state index in [0.717, 1.165) is 46.6 Å². The zero-order valence-electron chi connectivity index (χ0n) is 21.9. The Morgan fingerprint density at radius 1 is 1.00 bits per heavy atom. The highest BCUT2D eigenvalue weighted by Gasteiger charge is 2.19. The average Bonchev–Trinajstić information content (AvgIpc) is 3.50. The van der Waals surface area contributed by atoms with E-state index in [9.17, 15) is 9.59 Å². The van der Waals surface area contributed by atoms with Crippen LogP contribution in [0.25, 0.3) is 22.0 Å². The van der Waals surface area contributed by atoms with E-state index in [1.807, 2.05) is 49.5 Å². The molecule has 4 aromatic rings. The topological polar surface area (TPSA) is 70.5 Å². The molecule has 1 aliphatic rings. The van der Waals surface area contributed by atoms with Crippen molar-refractivity contribution < 1.29 is 9.59 Å². The van der Waals surface area contributed by atoms with Crippen LogP contribution in [0.3, 0.4) is 0 Å². The summed E-state index contributed by atoms with van der Waals surface area (Å²) in [5, 5.41) is 8.35. The van der Waals surface area contributed by atoms with E-state index in [2.05, 4.69) is 46.5 Å². The van der Waals surface area contributed by atoms with Gasteiger partial charge in [0.25, 0.3) is 11.8 Å². The molecule has 0 saturated carbocycles. The molecular weight excluding hydrogens is 462 g/mol. The fourth-order valence-corrected chi connectivity index (χ4v) is 4.94. The summed E-state index contributed by atoms with van der Waals surface area (Å²) >= 11 is 0. The van der Waals surface area contributed by atoms with Crippen LogP contribution in [0.5, 0.6) is 0 Å². The number of anilines is 1. The van der Waals surface area contributed by atoms with Crippen LogP contribution in [0, 0.1) is 5.92 Å². The van der Waals surface area contributed by atoms with Crippen molar-refractivity contribution in [3.63, 3.8) is 0 Å². The van der Waals surface area contributed by atoms with Crippen molar-refractivity contribution in [1.29, 1.82) is 0 Å². The van der Waals surface area contributed by atoms with Crippen LogP contribution in [0.15, 0.2) is 66.7 Å². The number of carbonyl (C=O) groups is 2. The van der Waals surface area contributed by atoms with Gasteiger partial charge in [0.2, 0.25) is 0 Å². The zero-order valence-corrected chi connectivity index (χ0v) is 21.9. The molecule has 1 atom stereocenters. The number of aryl methyl sites for hydroxylation is 1. The van der Waals surface area contributed by atoms with Gasteiger partial charge in [0.15, 0.2) is 5.69 Å². The summed E-state index contributed by atoms with van der Waals surface area (Å²) in [7, 11) is 5.32. The number of fused-ring (bicyclic) bond motifs is 1. The lowest BCUT2D eigenvalue weighted by atomic mass is 10.0. The first-order valence-electron chi connectivity index (χ1n) is 12.7. The summed E-state index contributed by atoms with van der Waals surface area (Å²) in [4.78, 5) is 29.3. The Morgan fingerprint density at radius 3 is 2.35 bits per heavy atom. The minimum Gasteiger partial charge on any atom is -0.371 e. The van der Waals surface area contributed by atoms with Crippen molar-refractivity contribution in [3.8, 4) is 11.1 Å². The summed E-state index contributed by atoms with van der Waals surface area (Å²) in [6.45, 7) is 4.93. The largest absolute Gasteiger partial charge is 0.371 e. The van der Waals surface area contributed by atoms with Gasteiger partial charge in [-0.3, -0.25) is 14.3 Å². The van der Waals surface area contributed by atoms with Gasteiger partial charge in [-0.25, -0.2) is 0 Å². The predicted molar refractivity (Wildman–Crippen MR) is 148 cm³/mol. The van der Waals surface area contributed by atoms with E-state index in [1.54, 1.807) is 23.7 Å². The molecule has 0 aliphatic carbocycles. The van der Waals surface area contributed by atoms with Crippen molar-refractivity contribution in [3.05, 3.63) is 83.6 Å². The Hall–Kier alpha value is -4.13. The minimum absolute atomic E-state index is 0.0338. The van der Waals surface area contributed by atoms with Crippen LogP contribution in [0.2, 0.25) is 0 Å². The first-order chi connectivity index (χ1) is 17.8. The van der Waals surface area contributed by atoms with Crippen molar-refractivity contribution in [2.24, 2.45) is 13.0 Å². The molecule has 5 rings (SSSR count). The first-order valence-corrected chi connectivity index (χ1v) is 12.7. The molecule has 1 saturated heterocycles. The van der Waals surface area contributed by atoms with Crippen molar-refractivity contribution >= 4 is 28.4 Å². The summed E-state index contributed by atoms with van der Waals surface area (Å²) in [5.74, 6) is 0.500. The second-order valence-corrected chi connectivity index (χ2v) is 10.2. The predicted octanol–water partition coefficient (Wildman–Crippen LogP) is 4.72. The monoisotopic (exact) mass is 495 g/mol. The summed E-state index contributed by atoms with van der Waals surface area (Å²) in [5.41, 5.74) is 6.16. The number of hydrogen-bond acceptors (Lipinski definition) is 4. The third-order valence-corrected chi connectivity index (χ3v) is 7.12. The molecule has 1 fully saturated rings. The second kappa shape index (κ2) is 10.1. The van der Waals surface area contributed by atoms with E-state index in [-0.39, 0.29) is 11.8 Å². The molecule has 3 aromatic carbocycles. The van der Waals surface area contributed by atoms with Gasteiger partial charge in [0, 0.05) is 57.4 Å². The van der Waals surface area contributed by atoms with Crippen LogP contribution < -0.4 is 10.2 Å². The number of amides is 2. The lowest BCUT2D eigenvalue weighted by Gasteiger charge is -2.18. The highest BCUT2D eigenvalue weighted by Crippen LogP contribution is 2.27.